The van der Waals surface area contributed by atoms with Gasteiger partial charge in [-0.15, -0.1) is 0 Å². The molecule has 1 fully saturated rings. The van der Waals surface area contributed by atoms with Crippen LogP contribution in [0.15, 0.2) is 30.3 Å². The largest absolute Gasteiger partial charge is 0.350 e. The summed E-state index contributed by atoms with van der Waals surface area (Å²) in [5.74, 6) is -0.00994. The molecule has 0 aliphatic heterocycles. The molecule has 1 aromatic carbocycles. The van der Waals surface area contributed by atoms with E-state index in [1.807, 2.05) is 31.2 Å². The summed E-state index contributed by atoms with van der Waals surface area (Å²) in [5.41, 5.74) is 1.93. The van der Waals surface area contributed by atoms with E-state index in [9.17, 15) is 4.79 Å². The van der Waals surface area contributed by atoms with E-state index in [1.165, 1.54) is 0 Å². The summed E-state index contributed by atoms with van der Waals surface area (Å²) >= 11 is 6.13. The quantitative estimate of drug-likeness (QED) is 0.814. The maximum Gasteiger partial charge on any atom is 0.244 e. The van der Waals surface area contributed by atoms with Crippen molar-refractivity contribution in [1.82, 2.24) is 5.32 Å². The van der Waals surface area contributed by atoms with Crippen molar-refractivity contribution in [2.45, 2.75) is 32.2 Å². The lowest BCUT2D eigenvalue weighted by Crippen LogP contribution is -2.23. The molecule has 1 amide bonds. The molecule has 0 heterocycles. The number of benzene rings is 1. The van der Waals surface area contributed by atoms with Crippen molar-refractivity contribution in [3.8, 4) is 0 Å². The van der Waals surface area contributed by atoms with Crippen LogP contribution >= 0.6 is 11.6 Å². The standard InChI is InChI=1S/C14H16ClNO/c1-2-10(9-14(17)16-11-7-8-11)12-5-3-4-6-13(12)15/h3-6,9,11H,2,7-8H2,1H3,(H,16,17)/b10-9-. The Morgan fingerprint density at radius 2 is 2.18 bits per heavy atom. The lowest BCUT2D eigenvalue weighted by atomic mass is 10.0. The first-order valence-electron chi connectivity index (χ1n) is 5.96. The molecule has 1 aliphatic carbocycles. The van der Waals surface area contributed by atoms with Gasteiger partial charge in [-0.1, -0.05) is 36.7 Å². The smallest absolute Gasteiger partial charge is 0.244 e. The number of amides is 1. The van der Waals surface area contributed by atoms with Gasteiger partial charge in [0, 0.05) is 17.1 Å². The Labute approximate surface area is 107 Å². The number of carbonyl (C=O) groups is 1. The zero-order valence-corrected chi connectivity index (χ0v) is 10.6. The fourth-order valence-electron chi connectivity index (χ4n) is 1.72. The van der Waals surface area contributed by atoms with E-state index in [-0.39, 0.29) is 5.91 Å². The van der Waals surface area contributed by atoms with Gasteiger partial charge in [-0.2, -0.15) is 0 Å². The van der Waals surface area contributed by atoms with Crippen LogP contribution in [0.1, 0.15) is 31.7 Å². The summed E-state index contributed by atoms with van der Waals surface area (Å²) in [5, 5.41) is 3.64. The van der Waals surface area contributed by atoms with Gasteiger partial charge in [-0.05, 0) is 36.5 Å². The van der Waals surface area contributed by atoms with Gasteiger partial charge >= 0.3 is 0 Å². The highest BCUT2D eigenvalue weighted by molar-refractivity contribution is 6.32. The molecular weight excluding hydrogens is 234 g/mol. The summed E-state index contributed by atoms with van der Waals surface area (Å²) < 4.78 is 0. The Morgan fingerprint density at radius 1 is 1.47 bits per heavy atom. The minimum atomic E-state index is -0.00994. The van der Waals surface area contributed by atoms with Crippen molar-refractivity contribution in [2.24, 2.45) is 0 Å². The van der Waals surface area contributed by atoms with Crippen molar-refractivity contribution in [3.63, 3.8) is 0 Å². The normalized spacial score (nSPS) is 15.8. The molecule has 1 N–H and O–H groups in total. The first kappa shape index (κ1) is 12.2. The highest BCUT2D eigenvalue weighted by atomic mass is 35.5. The minimum Gasteiger partial charge on any atom is -0.350 e. The highest BCUT2D eigenvalue weighted by Gasteiger charge is 2.22. The number of allylic oxidation sites excluding steroid dienone is 1. The van der Waals surface area contributed by atoms with Gasteiger partial charge in [0.2, 0.25) is 5.91 Å². The third kappa shape index (κ3) is 3.34. The summed E-state index contributed by atoms with van der Waals surface area (Å²) in [6.07, 6.45) is 4.67. The van der Waals surface area contributed by atoms with Gasteiger partial charge in [-0.25, -0.2) is 0 Å². The van der Waals surface area contributed by atoms with E-state index in [2.05, 4.69) is 5.32 Å². The highest BCUT2D eigenvalue weighted by Crippen LogP contribution is 2.26. The van der Waals surface area contributed by atoms with E-state index in [4.69, 9.17) is 11.6 Å². The Kier molecular flexibility index (Phi) is 3.85. The summed E-state index contributed by atoms with van der Waals surface area (Å²) in [4.78, 5) is 11.7. The van der Waals surface area contributed by atoms with E-state index in [0.29, 0.717) is 11.1 Å². The Balaban J connectivity index is 2.17. The second-order valence-corrected chi connectivity index (χ2v) is 4.69. The maximum atomic E-state index is 11.7. The lowest BCUT2D eigenvalue weighted by Gasteiger charge is -2.07. The van der Waals surface area contributed by atoms with Gasteiger partial charge in [-0.3, -0.25) is 4.79 Å². The number of carbonyl (C=O) groups excluding carboxylic acids is 1. The second kappa shape index (κ2) is 5.37. The first-order chi connectivity index (χ1) is 8.20. The van der Waals surface area contributed by atoms with E-state index in [0.717, 1.165) is 30.4 Å². The van der Waals surface area contributed by atoms with Crippen LogP contribution in [0.25, 0.3) is 5.57 Å². The molecule has 0 spiro atoms. The SMILES string of the molecule is CC/C(=C/C(=O)NC1CC1)c1ccccc1Cl. The number of rotatable bonds is 4. The molecule has 1 aromatic rings. The van der Waals surface area contributed by atoms with Crippen LogP contribution in [-0.2, 0) is 4.79 Å². The zero-order chi connectivity index (χ0) is 12.3. The molecular formula is C14H16ClNO. The van der Waals surface area contributed by atoms with Crippen molar-refractivity contribution < 1.29 is 4.79 Å². The van der Waals surface area contributed by atoms with Crippen molar-refractivity contribution in [3.05, 3.63) is 40.9 Å². The predicted octanol–water partition coefficient (Wildman–Crippen LogP) is 3.41. The summed E-state index contributed by atoms with van der Waals surface area (Å²) in [7, 11) is 0. The van der Waals surface area contributed by atoms with E-state index < -0.39 is 0 Å². The van der Waals surface area contributed by atoms with Crippen LogP contribution in [-0.4, -0.2) is 11.9 Å². The van der Waals surface area contributed by atoms with Gasteiger partial charge in [0.05, 0.1) is 0 Å². The molecule has 0 saturated heterocycles. The van der Waals surface area contributed by atoms with Crippen LogP contribution in [0.5, 0.6) is 0 Å². The zero-order valence-electron chi connectivity index (χ0n) is 9.87. The molecule has 2 nitrogen and oxygen atoms in total. The maximum absolute atomic E-state index is 11.7. The minimum absolute atomic E-state index is 0.00994. The average molecular weight is 250 g/mol. The van der Waals surface area contributed by atoms with Gasteiger partial charge < -0.3 is 5.32 Å². The molecule has 0 aromatic heterocycles. The molecule has 0 radical (unpaired) electrons. The monoisotopic (exact) mass is 249 g/mol. The lowest BCUT2D eigenvalue weighted by molar-refractivity contribution is -0.116. The van der Waals surface area contributed by atoms with Crippen LogP contribution in [0.4, 0.5) is 0 Å². The molecule has 1 saturated carbocycles. The number of nitrogens with one attached hydrogen (secondary N) is 1. The Hall–Kier alpha value is -1.28. The van der Waals surface area contributed by atoms with Crippen LogP contribution < -0.4 is 5.32 Å². The number of halogens is 1. The van der Waals surface area contributed by atoms with Gasteiger partial charge in [0.15, 0.2) is 0 Å². The molecule has 90 valence electrons. The van der Waals surface area contributed by atoms with Gasteiger partial charge in [0.25, 0.3) is 0 Å². The summed E-state index contributed by atoms with van der Waals surface area (Å²) in [6, 6.07) is 8.01. The molecule has 3 heteroatoms. The third-order valence-corrected chi connectivity index (χ3v) is 3.16. The van der Waals surface area contributed by atoms with Crippen molar-refractivity contribution >= 4 is 23.1 Å². The van der Waals surface area contributed by atoms with Crippen LogP contribution in [0.3, 0.4) is 0 Å². The Morgan fingerprint density at radius 3 is 2.76 bits per heavy atom. The fourth-order valence-corrected chi connectivity index (χ4v) is 1.98. The average Bonchev–Trinajstić information content (AvgIpc) is 3.11. The molecule has 0 unspecified atom stereocenters. The van der Waals surface area contributed by atoms with Crippen LogP contribution in [0.2, 0.25) is 5.02 Å². The fraction of sp³-hybridized carbons (Fsp3) is 0.357. The third-order valence-electron chi connectivity index (χ3n) is 2.83. The topological polar surface area (TPSA) is 29.1 Å². The van der Waals surface area contributed by atoms with E-state index in [1.54, 1.807) is 6.08 Å². The Bertz CT molecular complexity index is 449. The second-order valence-electron chi connectivity index (χ2n) is 4.29. The molecule has 1 aliphatic rings. The van der Waals surface area contributed by atoms with Gasteiger partial charge in [0.1, 0.15) is 0 Å². The number of hydrogen-bond acceptors (Lipinski definition) is 1. The molecule has 0 atom stereocenters. The number of hydrogen-bond donors (Lipinski definition) is 1. The van der Waals surface area contributed by atoms with Crippen molar-refractivity contribution in [1.29, 1.82) is 0 Å². The molecule has 17 heavy (non-hydrogen) atoms. The molecule has 0 bridgehead atoms. The van der Waals surface area contributed by atoms with Crippen LogP contribution in [0, 0.1) is 0 Å². The van der Waals surface area contributed by atoms with E-state index >= 15 is 0 Å². The summed E-state index contributed by atoms with van der Waals surface area (Å²) in [6.45, 7) is 2.03. The predicted molar refractivity (Wildman–Crippen MR) is 70.9 cm³/mol. The van der Waals surface area contributed by atoms with Crippen molar-refractivity contribution in [2.75, 3.05) is 0 Å². The molecule has 2 rings (SSSR count). The first-order valence-corrected chi connectivity index (χ1v) is 6.34.